The van der Waals surface area contributed by atoms with Crippen molar-refractivity contribution >= 4 is 19.8 Å². The molecule has 0 saturated carbocycles. The topological polar surface area (TPSA) is 108 Å². The third-order valence-corrected chi connectivity index (χ3v) is 11.9. The summed E-state index contributed by atoms with van der Waals surface area (Å²) >= 11 is 0. The molecule has 0 aliphatic rings. The van der Waals surface area contributed by atoms with Crippen molar-refractivity contribution in [2.75, 3.05) is 19.8 Å². The Kier molecular flexibility index (Phi) is 46.5. The zero-order chi connectivity index (χ0) is 45.3. The number of phosphoric ester groups is 1. The van der Waals surface area contributed by atoms with Gasteiger partial charge in [0.05, 0.1) is 13.2 Å². The maximum Gasteiger partial charge on any atom is 0.472 e. The highest BCUT2D eigenvalue weighted by molar-refractivity contribution is 7.47. The van der Waals surface area contributed by atoms with Gasteiger partial charge >= 0.3 is 19.8 Å². The monoisotopic (exact) mass is 891 g/mol. The first-order chi connectivity index (χ1) is 30.3. The van der Waals surface area contributed by atoms with Crippen molar-refractivity contribution < 1.29 is 37.6 Å². The van der Waals surface area contributed by atoms with E-state index >= 15 is 0 Å². The lowest BCUT2D eigenvalue weighted by Crippen LogP contribution is -2.29. The number of phosphoric acid groups is 1. The number of carbonyl (C=O) groups excluding carboxylic acids is 2. The minimum atomic E-state index is -4.30. The molecule has 0 radical (unpaired) electrons. The second-order valence-electron chi connectivity index (χ2n) is 16.8. The minimum absolute atomic E-state index is 0.00754. The van der Waals surface area contributed by atoms with Crippen LogP contribution in [0.15, 0.2) is 60.8 Å². The number of hydrogen-bond donors (Lipinski definition) is 1. The summed E-state index contributed by atoms with van der Waals surface area (Å²) in [5.41, 5.74) is 0. The Labute approximate surface area is 381 Å². The van der Waals surface area contributed by atoms with E-state index in [0.717, 1.165) is 70.6 Å². The fourth-order valence-electron chi connectivity index (χ4n) is 7.13. The fraction of sp³-hybridized carbons (Fsp3) is 0.774. The molecule has 9 heteroatoms. The van der Waals surface area contributed by atoms with Crippen LogP contribution in [0.1, 0.15) is 239 Å². The Morgan fingerprint density at radius 1 is 0.452 bits per heavy atom. The first-order valence-electron chi connectivity index (χ1n) is 25.6. The van der Waals surface area contributed by atoms with Crippen LogP contribution in [0.2, 0.25) is 0 Å². The van der Waals surface area contributed by atoms with Gasteiger partial charge < -0.3 is 14.4 Å². The van der Waals surface area contributed by atoms with Crippen molar-refractivity contribution in [3.63, 3.8) is 0 Å². The lowest BCUT2D eigenvalue weighted by atomic mass is 10.0. The summed E-state index contributed by atoms with van der Waals surface area (Å²) in [7, 11) is -4.30. The average molecular weight is 891 g/mol. The van der Waals surface area contributed by atoms with E-state index in [1.165, 1.54) is 128 Å². The molecule has 2 atom stereocenters. The van der Waals surface area contributed by atoms with Gasteiger partial charge in [-0.05, 0) is 64.7 Å². The van der Waals surface area contributed by atoms with Crippen molar-refractivity contribution in [3.8, 4) is 0 Å². The molecular weight excluding hydrogens is 796 g/mol. The number of unbranched alkanes of at least 4 members (excludes halogenated alkanes) is 25. The maximum atomic E-state index is 12.6. The molecule has 0 heterocycles. The summed E-state index contributed by atoms with van der Waals surface area (Å²) in [5, 5.41) is 0. The number of allylic oxidation sites excluding steroid dienone is 10. The first kappa shape index (κ1) is 59.8. The number of ether oxygens (including phenoxy) is 2. The second-order valence-corrected chi connectivity index (χ2v) is 18.3. The van der Waals surface area contributed by atoms with Gasteiger partial charge in [0, 0.05) is 12.8 Å². The molecule has 0 aliphatic heterocycles. The van der Waals surface area contributed by atoms with Crippen molar-refractivity contribution in [1.82, 2.24) is 0 Å². The molecule has 2 unspecified atom stereocenters. The highest BCUT2D eigenvalue weighted by Crippen LogP contribution is 2.43. The molecule has 360 valence electrons. The molecule has 0 spiro atoms. The second kappa shape index (κ2) is 48.2. The Hall–Kier alpha value is -2.25. The SMILES string of the molecule is CC/C=C\C/C=C\C/C=C\C/C=C\C/C=C\CCCCCC(=O)OC(COC(=O)CCCCCCCCCCCCCCCCCCCCCCCCC)COP(=O)(O)OCC. The predicted molar refractivity (Wildman–Crippen MR) is 262 cm³/mol. The predicted octanol–water partition coefficient (Wildman–Crippen LogP) is 16.7. The van der Waals surface area contributed by atoms with Gasteiger partial charge in [0.1, 0.15) is 6.61 Å². The van der Waals surface area contributed by atoms with Gasteiger partial charge in [0.2, 0.25) is 0 Å². The number of rotatable bonds is 47. The summed E-state index contributed by atoms with van der Waals surface area (Å²) in [4.78, 5) is 34.9. The summed E-state index contributed by atoms with van der Waals surface area (Å²) in [5.74, 6) is -0.829. The van der Waals surface area contributed by atoms with E-state index in [9.17, 15) is 19.0 Å². The summed E-state index contributed by atoms with van der Waals surface area (Å²) < 4.78 is 32.8. The number of esters is 2. The van der Waals surface area contributed by atoms with E-state index in [0.29, 0.717) is 6.42 Å². The van der Waals surface area contributed by atoms with Gasteiger partial charge in [0.25, 0.3) is 0 Å². The van der Waals surface area contributed by atoms with E-state index in [4.69, 9.17) is 18.5 Å². The molecule has 0 bridgehead atoms. The molecule has 0 aromatic carbocycles. The van der Waals surface area contributed by atoms with E-state index in [2.05, 4.69) is 74.6 Å². The van der Waals surface area contributed by atoms with E-state index < -0.39 is 26.5 Å². The van der Waals surface area contributed by atoms with E-state index in [1.807, 2.05) is 0 Å². The Balaban J connectivity index is 4.00. The first-order valence-corrected chi connectivity index (χ1v) is 27.1. The number of hydrogen-bond acceptors (Lipinski definition) is 7. The van der Waals surface area contributed by atoms with E-state index in [1.54, 1.807) is 6.92 Å². The highest BCUT2D eigenvalue weighted by Gasteiger charge is 2.25. The molecule has 0 aromatic rings. The van der Waals surface area contributed by atoms with Gasteiger partial charge in [-0.3, -0.25) is 18.6 Å². The van der Waals surface area contributed by atoms with Crippen molar-refractivity contribution in [3.05, 3.63) is 60.8 Å². The molecule has 0 fully saturated rings. The van der Waals surface area contributed by atoms with E-state index in [-0.39, 0.29) is 32.0 Å². The summed E-state index contributed by atoms with van der Waals surface area (Å²) in [6, 6.07) is 0. The number of carbonyl (C=O) groups is 2. The molecular formula is C53H95O8P. The zero-order valence-electron chi connectivity index (χ0n) is 40.3. The normalized spacial score (nSPS) is 13.7. The Morgan fingerprint density at radius 2 is 0.823 bits per heavy atom. The van der Waals surface area contributed by atoms with Gasteiger partial charge in [-0.25, -0.2) is 4.57 Å². The van der Waals surface area contributed by atoms with Crippen LogP contribution in [0.3, 0.4) is 0 Å². The van der Waals surface area contributed by atoms with Crippen LogP contribution in [0.5, 0.6) is 0 Å². The average Bonchev–Trinajstić information content (AvgIpc) is 3.25. The molecule has 0 saturated heterocycles. The van der Waals surface area contributed by atoms with Crippen LogP contribution in [-0.4, -0.2) is 42.8 Å². The van der Waals surface area contributed by atoms with Gasteiger partial charge in [-0.15, -0.1) is 0 Å². The molecule has 62 heavy (non-hydrogen) atoms. The third-order valence-electron chi connectivity index (χ3n) is 10.8. The molecule has 0 rings (SSSR count). The van der Waals surface area contributed by atoms with Crippen LogP contribution in [0, 0.1) is 0 Å². The summed E-state index contributed by atoms with van der Waals surface area (Å²) in [6.07, 6.45) is 60.1. The van der Waals surface area contributed by atoms with Gasteiger partial charge in [0.15, 0.2) is 6.10 Å². The largest absolute Gasteiger partial charge is 0.472 e. The minimum Gasteiger partial charge on any atom is -0.462 e. The Bertz CT molecular complexity index is 1190. The van der Waals surface area contributed by atoms with Crippen LogP contribution >= 0.6 is 7.82 Å². The molecule has 1 N–H and O–H groups in total. The van der Waals surface area contributed by atoms with Gasteiger partial charge in [-0.1, -0.05) is 222 Å². The van der Waals surface area contributed by atoms with Crippen molar-refractivity contribution in [1.29, 1.82) is 0 Å². The molecule has 0 aromatic heterocycles. The quantitative estimate of drug-likeness (QED) is 0.0279. The zero-order valence-corrected chi connectivity index (χ0v) is 41.2. The Morgan fingerprint density at radius 3 is 1.24 bits per heavy atom. The summed E-state index contributed by atoms with van der Waals surface area (Å²) in [6.45, 7) is 5.36. The fourth-order valence-corrected chi connectivity index (χ4v) is 7.88. The molecule has 0 amide bonds. The van der Waals surface area contributed by atoms with Crippen LogP contribution in [0.25, 0.3) is 0 Å². The van der Waals surface area contributed by atoms with Crippen LogP contribution < -0.4 is 0 Å². The van der Waals surface area contributed by atoms with Crippen LogP contribution in [0.4, 0.5) is 0 Å². The standard InChI is InChI=1S/C53H95O8P/c1-4-7-9-11-13-15-17-19-21-23-25-26-27-28-30-31-33-35-37-39-41-43-45-47-52(54)58-49-51(50-60-62(56,57)59-6-3)61-53(55)48-46-44-42-40-38-36-34-32-29-24-22-20-18-16-14-12-10-8-5-2/h8,10,14,16,20,22,29,32,36,38,51H,4-7,9,11-13,15,17-19,21,23-28,30-31,33-35,37,39-50H2,1-3H3,(H,56,57)/b10-8-,16-14-,22-20-,32-29-,38-36-. The third kappa shape index (κ3) is 47.2. The van der Waals surface area contributed by atoms with Crippen LogP contribution in [-0.2, 0) is 32.7 Å². The van der Waals surface area contributed by atoms with Crippen molar-refractivity contribution in [2.45, 2.75) is 245 Å². The van der Waals surface area contributed by atoms with Gasteiger partial charge in [-0.2, -0.15) is 0 Å². The lowest BCUT2D eigenvalue weighted by molar-refractivity contribution is -0.161. The lowest BCUT2D eigenvalue weighted by Gasteiger charge is -2.19. The van der Waals surface area contributed by atoms with Crippen molar-refractivity contribution in [2.24, 2.45) is 0 Å². The molecule has 0 aliphatic carbocycles. The molecule has 8 nitrogen and oxygen atoms in total. The maximum absolute atomic E-state index is 12.6. The highest BCUT2D eigenvalue weighted by atomic mass is 31.2. The smallest absolute Gasteiger partial charge is 0.462 e.